The smallest absolute Gasteiger partial charge is 0.423 e. The standard InChI is InChI=1S/C38H31BN2O2/c42-39(43)38-20-28(24-40-17-5-11-36(26-40)34-15-13-30-7-1-3-9-32(30)22-34)19-29(21-38)25-41-18-6-12-37(27-41)35-16-14-31-8-2-4-10-33(31)23-35/h1-23,26-27,42-43H,24-25H2/q+2. The number of hydrogen-bond acceptors (Lipinski definition) is 2. The van der Waals surface area contributed by atoms with Gasteiger partial charge in [0.2, 0.25) is 0 Å². The summed E-state index contributed by atoms with van der Waals surface area (Å²) in [4.78, 5) is 0. The minimum atomic E-state index is -1.54. The maximum atomic E-state index is 10.1. The molecule has 2 N–H and O–H groups in total. The van der Waals surface area contributed by atoms with Gasteiger partial charge in [-0.2, -0.15) is 0 Å². The number of hydrogen-bond donors (Lipinski definition) is 2. The zero-order valence-corrected chi connectivity index (χ0v) is 23.7. The van der Waals surface area contributed by atoms with Gasteiger partial charge in [0.25, 0.3) is 0 Å². The molecule has 43 heavy (non-hydrogen) atoms. The molecule has 0 unspecified atom stereocenters. The molecule has 5 heteroatoms. The third kappa shape index (κ3) is 5.95. The molecule has 7 rings (SSSR count). The quantitative estimate of drug-likeness (QED) is 0.196. The lowest BCUT2D eigenvalue weighted by atomic mass is 9.78. The van der Waals surface area contributed by atoms with E-state index < -0.39 is 7.12 Å². The Morgan fingerprint density at radius 3 is 1.37 bits per heavy atom. The molecule has 0 radical (unpaired) electrons. The normalized spacial score (nSPS) is 11.2. The van der Waals surface area contributed by atoms with Crippen molar-refractivity contribution in [1.82, 2.24) is 0 Å². The minimum absolute atomic E-state index is 0.491. The second-order valence-corrected chi connectivity index (χ2v) is 11.1. The molecule has 0 aliphatic carbocycles. The van der Waals surface area contributed by atoms with Crippen molar-refractivity contribution in [2.24, 2.45) is 0 Å². The van der Waals surface area contributed by atoms with E-state index in [1.165, 1.54) is 21.5 Å². The number of benzene rings is 5. The molecular weight excluding hydrogens is 527 g/mol. The van der Waals surface area contributed by atoms with Gasteiger partial charge < -0.3 is 10.0 Å². The Balaban J connectivity index is 1.16. The molecule has 0 aliphatic rings. The molecule has 0 saturated heterocycles. The van der Waals surface area contributed by atoms with Crippen molar-refractivity contribution < 1.29 is 19.2 Å². The fourth-order valence-corrected chi connectivity index (χ4v) is 5.86. The average molecular weight is 558 g/mol. The lowest BCUT2D eigenvalue weighted by Crippen LogP contribution is -2.37. The van der Waals surface area contributed by atoms with Gasteiger partial charge in [0.1, 0.15) is 0 Å². The Kier molecular flexibility index (Phi) is 7.26. The highest BCUT2D eigenvalue weighted by Gasteiger charge is 2.17. The molecule has 2 aromatic heterocycles. The number of aromatic nitrogens is 2. The van der Waals surface area contributed by atoms with Crippen LogP contribution in [0, 0.1) is 0 Å². The molecule has 0 fully saturated rings. The summed E-state index contributed by atoms with van der Waals surface area (Å²) in [5.41, 5.74) is 7.10. The summed E-state index contributed by atoms with van der Waals surface area (Å²) in [6.45, 7) is 1.22. The van der Waals surface area contributed by atoms with Crippen LogP contribution in [-0.4, -0.2) is 17.2 Å². The minimum Gasteiger partial charge on any atom is -0.423 e. The molecule has 0 aliphatic heterocycles. The summed E-state index contributed by atoms with van der Waals surface area (Å²) in [6, 6.07) is 44.1. The maximum Gasteiger partial charge on any atom is 0.488 e. The Morgan fingerprint density at radius 1 is 0.442 bits per heavy atom. The van der Waals surface area contributed by atoms with Crippen LogP contribution in [0.25, 0.3) is 43.8 Å². The van der Waals surface area contributed by atoms with Crippen molar-refractivity contribution in [2.45, 2.75) is 13.1 Å². The van der Waals surface area contributed by atoms with Crippen LogP contribution in [0.3, 0.4) is 0 Å². The summed E-state index contributed by atoms with van der Waals surface area (Å²) >= 11 is 0. The van der Waals surface area contributed by atoms with Crippen molar-refractivity contribution in [3.05, 3.63) is 163 Å². The van der Waals surface area contributed by atoms with Gasteiger partial charge in [0.15, 0.2) is 37.9 Å². The van der Waals surface area contributed by atoms with Gasteiger partial charge in [-0.05, 0) is 68.5 Å². The summed E-state index contributed by atoms with van der Waals surface area (Å²) < 4.78 is 4.29. The Bertz CT molecular complexity index is 1950. The maximum absolute atomic E-state index is 10.1. The first-order chi connectivity index (χ1) is 21.1. The number of rotatable bonds is 7. The van der Waals surface area contributed by atoms with E-state index in [2.05, 4.69) is 137 Å². The first-order valence-corrected chi connectivity index (χ1v) is 14.5. The van der Waals surface area contributed by atoms with Gasteiger partial charge in [0, 0.05) is 34.4 Å². The molecule has 0 amide bonds. The van der Waals surface area contributed by atoms with Crippen LogP contribution < -0.4 is 14.6 Å². The van der Waals surface area contributed by atoms with E-state index in [1.54, 1.807) is 0 Å². The molecule has 0 atom stereocenters. The third-order valence-electron chi connectivity index (χ3n) is 7.99. The fourth-order valence-electron chi connectivity index (χ4n) is 5.86. The van der Waals surface area contributed by atoms with E-state index in [1.807, 2.05) is 24.5 Å². The molecule has 7 aromatic rings. The van der Waals surface area contributed by atoms with Crippen LogP contribution in [0.5, 0.6) is 0 Å². The van der Waals surface area contributed by atoms with E-state index >= 15 is 0 Å². The lowest BCUT2D eigenvalue weighted by molar-refractivity contribution is -0.688. The summed E-state index contributed by atoms with van der Waals surface area (Å²) in [5, 5.41) is 25.1. The van der Waals surface area contributed by atoms with Crippen molar-refractivity contribution in [1.29, 1.82) is 0 Å². The van der Waals surface area contributed by atoms with Crippen LogP contribution in [0.15, 0.2) is 152 Å². The largest absolute Gasteiger partial charge is 0.488 e. The highest BCUT2D eigenvalue weighted by atomic mass is 16.4. The first-order valence-electron chi connectivity index (χ1n) is 14.5. The molecule has 0 spiro atoms. The average Bonchev–Trinajstić information content (AvgIpc) is 3.04. The second-order valence-electron chi connectivity index (χ2n) is 11.1. The Labute approximate surface area is 251 Å². The van der Waals surface area contributed by atoms with Gasteiger partial charge in [-0.15, -0.1) is 0 Å². The molecule has 5 aromatic carbocycles. The fraction of sp³-hybridized carbons (Fsp3) is 0.0526. The van der Waals surface area contributed by atoms with E-state index in [0.29, 0.717) is 18.6 Å². The summed E-state index contributed by atoms with van der Waals surface area (Å²) in [7, 11) is -1.54. The third-order valence-corrected chi connectivity index (χ3v) is 7.99. The predicted octanol–water partition coefficient (Wildman–Crippen LogP) is 5.68. The molecule has 4 nitrogen and oxygen atoms in total. The van der Waals surface area contributed by atoms with Gasteiger partial charge in [-0.3, -0.25) is 0 Å². The van der Waals surface area contributed by atoms with Crippen LogP contribution in [0.4, 0.5) is 0 Å². The highest BCUT2D eigenvalue weighted by molar-refractivity contribution is 6.58. The summed E-state index contributed by atoms with van der Waals surface area (Å²) in [6.07, 6.45) is 8.39. The molecule has 206 valence electrons. The lowest BCUT2D eigenvalue weighted by Gasteiger charge is -2.08. The number of fused-ring (bicyclic) bond motifs is 2. The van der Waals surface area contributed by atoms with Gasteiger partial charge in [0.05, 0.1) is 0 Å². The van der Waals surface area contributed by atoms with Crippen molar-refractivity contribution >= 4 is 34.1 Å². The molecule has 0 saturated carbocycles. The first kappa shape index (κ1) is 26.8. The van der Waals surface area contributed by atoms with Crippen molar-refractivity contribution in [2.75, 3.05) is 0 Å². The van der Waals surface area contributed by atoms with Crippen LogP contribution in [-0.2, 0) is 13.1 Å². The number of pyridine rings is 2. The van der Waals surface area contributed by atoms with Crippen LogP contribution in [0.2, 0.25) is 0 Å². The molecular formula is C38H31BN2O2+2. The van der Waals surface area contributed by atoms with Crippen LogP contribution in [0.1, 0.15) is 11.1 Å². The highest BCUT2D eigenvalue weighted by Crippen LogP contribution is 2.25. The van der Waals surface area contributed by atoms with E-state index in [-0.39, 0.29) is 0 Å². The Morgan fingerprint density at radius 2 is 0.907 bits per heavy atom. The topological polar surface area (TPSA) is 48.2 Å². The zero-order valence-electron chi connectivity index (χ0n) is 23.7. The zero-order chi connectivity index (χ0) is 29.2. The second kappa shape index (κ2) is 11.6. The van der Waals surface area contributed by atoms with E-state index in [9.17, 15) is 10.0 Å². The molecule has 2 heterocycles. The van der Waals surface area contributed by atoms with Gasteiger partial charge in [-0.1, -0.05) is 84.9 Å². The predicted molar refractivity (Wildman–Crippen MR) is 174 cm³/mol. The number of nitrogens with zero attached hydrogens (tertiary/aromatic N) is 2. The Hall–Kier alpha value is -5.10. The van der Waals surface area contributed by atoms with Crippen molar-refractivity contribution in [3.63, 3.8) is 0 Å². The van der Waals surface area contributed by atoms with Gasteiger partial charge in [-0.25, -0.2) is 9.13 Å². The van der Waals surface area contributed by atoms with Gasteiger partial charge >= 0.3 is 7.12 Å². The van der Waals surface area contributed by atoms with Crippen LogP contribution >= 0.6 is 0 Å². The van der Waals surface area contributed by atoms with E-state index in [4.69, 9.17) is 0 Å². The summed E-state index contributed by atoms with van der Waals surface area (Å²) in [5.74, 6) is 0. The van der Waals surface area contributed by atoms with E-state index in [0.717, 1.165) is 33.4 Å². The van der Waals surface area contributed by atoms with Crippen molar-refractivity contribution in [3.8, 4) is 22.3 Å². The SMILES string of the molecule is OB(O)c1cc(C[n+]2cccc(-c3ccc4ccccc4c3)c2)cc(C[n+]2cccc(-c3ccc4ccccc4c3)c2)c1. The molecule has 0 bridgehead atoms. The monoisotopic (exact) mass is 558 g/mol.